The van der Waals surface area contributed by atoms with E-state index in [-0.39, 0.29) is 37.1 Å². The Morgan fingerprint density at radius 2 is 1.71 bits per heavy atom. The summed E-state index contributed by atoms with van der Waals surface area (Å²) < 4.78 is 0. The van der Waals surface area contributed by atoms with Crippen molar-refractivity contribution in [1.82, 2.24) is 9.80 Å². The fraction of sp³-hybridized carbons (Fsp3) is 0.412. The van der Waals surface area contributed by atoms with Crippen LogP contribution < -0.4 is 0 Å². The number of carbonyl (C=O) groups excluding carboxylic acids is 3. The van der Waals surface area contributed by atoms with Crippen LogP contribution in [0.25, 0.3) is 0 Å². The van der Waals surface area contributed by atoms with E-state index in [1.54, 1.807) is 24.3 Å². The third-order valence-corrected chi connectivity index (χ3v) is 4.50. The molecule has 0 spiro atoms. The molecule has 3 rings (SSSR count). The first kappa shape index (κ1) is 16.2. The molecule has 0 aromatic heterocycles. The number of aliphatic carboxylic acids is 1. The van der Waals surface area contributed by atoms with Crippen LogP contribution >= 0.6 is 0 Å². The van der Waals surface area contributed by atoms with Crippen molar-refractivity contribution >= 4 is 23.7 Å². The second kappa shape index (κ2) is 6.43. The quantitative estimate of drug-likeness (QED) is 0.832. The van der Waals surface area contributed by atoms with Gasteiger partial charge in [-0.2, -0.15) is 0 Å². The molecule has 0 saturated carbocycles. The number of carboxylic acids is 1. The molecule has 0 aliphatic carbocycles. The monoisotopic (exact) mass is 330 g/mol. The molecule has 0 unspecified atom stereocenters. The highest BCUT2D eigenvalue weighted by molar-refractivity contribution is 6.02. The highest BCUT2D eigenvalue weighted by Crippen LogP contribution is 2.21. The largest absolute Gasteiger partial charge is 0.480 e. The van der Waals surface area contributed by atoms with Gasteiger partial charge in [0.15, 0.2) is 0 Å². The Balaban J connectivity index is 1.70. The molecule has 24 heavy (non-hydrogen) atoms. The lowest BCUT2D eigenvalue weighted by molar-refractivity contribution is -0.141. The molecule has 1 N–H and O–H groups in total. The summed E-state index contributed by atoms with van der Waals surface area (Å²) in [6.07, 6.45) is 1.65. The highest BCUT2D eigenvalue weighted by Gasteiger charge is 2.34. The smallest absolute Gasteiger partial charge is 0.326 e. The molecular weight excluding hydrogens is 312 g/mol. The summed E-state index contributed by atoms with van der Waals surface area (Å²) in [5.74, 6) is -1.65. The highest BCUT2D eigenvalue weighted by atomic mass is 16.4. The molecule has 2 aliphatic rings. The summed E-state index contributed by atoms with van der Waals surface area (Å²) in [7, 11) is 0. The summed E-state index contributed by atoms with van der Waals surface area (Å²) in [4.78, 5) is 49.5. The van der Waals surface area contributed by atoms with E-state index in [9.17, 15) is 19.2 Å². The van der Waals surface area contributed by atoms with Crippen LogP contribution in [-0.4, -0.2) is 51.2 Å². The standard InChI is InChI=1S/C17H18N2O5/c20-14-7-8-15(21)19(14)10-11-3-5-12(6-4-11)16(22)18-9-1-2-13(18)17(23)24/h3-6,13H,1-2,7-10H2,(H,23,24)/t13-/m0/s1. The Kier molecular flexibility index (Phi) is 4.33. The van der Waals surface area contributed by atoms with Crippen LogP contribution in [0, 0.1) is 0 Å². The predicted octanol–water partition coefficient (Wildman–Crippen LogP) is 1.02. The lowest BCUT2D eigenvalue weighted by Gasteiger charge is -2.21. The zero-order valence-corrected chi connectivity index (χ0v) is 13.1. The maximum absolute atomic E-state index is 12.5. The Labute approximate surface area is 138 Å². The van der Waals surface area contributed by atoms with Crippen molar-refractivity contribution in [1.29, 1.82) is 0 Å². The number of imide groups is 1. The van der Waals surface area contributed by atoms with Crippen LogP contribution in [0.1, 0.15) is 41.6 Å². The minimum absolute atomic E-state index is 0.179. The summed E-state index contributed by atoms with van der Waals surface area (Å²) in [6.45, 7) is 0.641. The molecule has 7 nitrogen and oxygen atoms in total. The summed E-state index contributed by atoms with van der Waals surface area (Å²) in [5.41, 5.74) is 1.16. The van der Waals surface area contributed by atoms with E-state index < -0.39 is 12.0 Å². The van der Waals surface area contributed by atoms with E-state index in [1.165, 1.54) is 9.80 Å². The van der Waals surface area contributed by atoms with Crippen molar-refractivity contribution < 1.29 is 24.3 Å². The molecule has 2 aliphatic heterocycles. The first-order valence-corrected chi connectivity index (χ1v) is 7.93. The third kappa shape index (κ3) is 3.02. The Hall–Kier alpha value is -2.70. The van der Waals surface area contributed by atoms with Crippen LogP contribution in [-0.2, 0) is 20.9 Å². The van der Waals surface area contributed by atoms with Gasteiger partial charge >= 0.3 is 5.97 Å². The van der Waals surface area contributed by atoms with Gasteiger partial charge in [-0.25, -0.2) is 4.79 Å². The molecule has 0 bridgehead atoms. The fourth-order valence-electron chi connectivity index (χ4n) is 3.17. The lowest BCUT2D eigenvalue weighted by Crippen LogP contribution is -2.40. The van der Waals surface area contributed by atoms with Gasteiger partial charge < -0.3 is 10.0 Å². The fourth-order valence-corrected chi connectivity index (χ4v) is 3.17. The second-order valence-corrected chi connectivity index (χ2v) is 6.07. The number of hydrogen-bond donors (Lipinski definition) is 1. The minimum Gasteiger partial charge on any atom is -0.480 e. The number of benzene rings is 1. The van der Waals surface area contributed by atoms with Crippen molar-refractivity contribution in [3.05, 3.63) is 35.4 Å². The van der Waals surface area contributed by atoms with E-state index in [4.69, 9.17) is 5.11 Å². The van der Waals surface area contributed by atoms with E-state index in [0.29, 0.717) is 24.9 Å². The zero-order chi connectivity index (χ0) is 17.3. The van der Waals surface area contributed by atoms with E-state index in [2.05, 4.69) is 0 Å². The first-order chi connectivity index (χ1) is 11.5. The SMILES string of the molecule is O=C(O)[C@@H]1CCCN1C(=O)c1ccc(CN2C(=O)CCC2=O)cc1. The molecule has 126 valence electrons. The van der Waals surface area contributed by atoms with Gasteiger partial charge in [-0.15, -0.1) is 0 Å². The van der Waals surface area contributed by atoms with E-state index in [1.807, 2.05) is 0 Å². The van der Waals surface area contributed by atoms with Crippen LogP contribution in [0.3, 0.4) is 0 Å². The average Bonchev–Trinajstić information content (AvgIpc) is 3.17. The average molecular weight is 330 g/mol. The Morgan fingerprint density at radius 1 is 1.08 bits per heavy atom. The molecule has 2 saturated heterocycles. The van der Waals surface area contributed by atoms with Gasteiger partial charge in [-0.3, -0.25) is 19.3 Å². The topological polar surface area (TPSA) is 95.0 Å². The van der Waals surface area contributed by atoms with Gasteiger partial charge in [0.1, 0.15) is 6.04 Å². The normalized spacial score (nSPS) is 20.8. The Bertz CT molecular complexity index is 681. The molecule has 3 amide bonds. The van der Waals surface area contributed by atoms with Crippen LogP contribution in [0.5, 0.6) is 0 Å². The van der Waals surface area contributed by atoms with Crippen molar-refractivity contribution in [3.63, 3.8) is 0 Å². The number of likely N-dealkylation sites (tertiary alicyclic amines) is 2. The number of hydrogen-bond acceptors (Lipinski definition) is 4. The van der Waals surface area contributed by atoms with E-state index >= 15 is 0 Å². The molecule has 0 radical (unpaired) electrons. The number of rotatable bonds is 4. The number of nitrogens with zero attached hydrogens (tertiary/aromatic N) is 2. The van der Waals surface area contributed by atoms with Gasteiger partial charge in [0.25, 0.3) is 5.91 Å². The van der Waals surface area contributed by atoms with Crippen LogP contribution in [0.2, 0.25) is 0 Å². The summed E-state index contributed by atoms with van der Waals surface area (Å²) in [6, 6.07) is 5.84. The predicted molar refractivity (Wildman–Crippen MR) is 82.9 cm³/mol. The second-order valence-electron chi connectivity index (χ2n) is 6.07. The molecule has 1 aromatic rings. The molecule has 1 aromatic carbocycles. The maximum Gasteiger partial charge on any atom is 0.326 e. The third-order valence-electron chi connectivity index (χ3n) is 4.50. The molecule has 2 fully saturated rings. The van der Waals surface area contributed by atoms with Crippen LogP contribution in [0.4, 0.5) is 0 Å². The molecule has 1 atom stereocenters. The summed E-state index contributed by atoms with van der Waals surface area (Å²) in [5, 5.41) is 9.17. The lowest BCUT2D eigenvalue weighted by atomic mass is 10.1. The van der Waals surface area contributed by atoms with Gasteiger partial charge in [0.2, 0.25) is 11.8 Å². The number of carboxylic acid groups (broad SMARTS) is 1. The minimum atomic E-state index is -0.983. The van der Waals surface area contributed by atoms with Gasteiger partial charge in [-0.05, 0) is 30.5 Å². The van der Waals surface area contributed by atoms with Crippen molar-refractivity contribution in [2.45, 2.75) is 38.3 Å². The van der Waals surface area contributed by atoms with Gasteiger partial charge in [0, 0.05) is 24.9 Å². The molecule has 2 heterocycles. The van der Waals surface area contributed by atoms with E-state index in [0.717, 1.165) is 5.56 Å². The first-order valence-electron chi connectivity index (χ1n) is 7.93. The van der Waals surface area contributed by atoms with Crippen molar-refractivity contribution in [2.24, 2.45) is 0 Å². The van der Waals surface area contributed by atoms with Gasteiger partial charge in [0.05, 0.1) is 6.54 Å². The van der Waals surface area contributed by atoms with Gasteiger partial charge in [-0.1, -0.05) is 12.1 Å². The van der Waals surface area contributed by atoms with Crippen molar-refractivity contribution in [3.8, 4) is 0 Å². The molecular formula is C17H18N2O5. The number of carbonyl (C=O) groups is 4. The van der Waals surface area contributed by atoms with Crippen molar-refractivity contribution in [2.75, 3.05) is 6.54 Å². The number of amides is 3. The molecule has 7 heteroatoms. The Morgan fingerprint density at radius 3 is 2.29 bits per heavy atom. The zero-order valence-electron chi connectivity index (χ0n) is 13.1. The van der Waals surface area contributed by atoms with Crippen LogP contribution in [0.15, 0.2) is 24.3 Å². The summed E-state index contributed by atoms with van der Waals surface area (Å²) >= 11 is 0. The maximum atomic E-state index is 12.5.